The Bertz CT molecular complexity index is 1230. The number of carbonyl (C=O) groups is 1. The fourth-order valence-electron chi connectivity index (χ4n) is 2.45. The summed E-state index contributed by atoms with van der Waals surface area (Å²) in [6.07, 6.45) is 0. The monoisotopic (exact) mass is 449 g/mol. The molecular weight excluding hydrogens is 437 g/mol. The van der Waals surface area contributed by atoms with Crippen LogP contribution in [-0.2, 0) is 10.0 Å². The summed E-state index contributed by atoms with van der Waals surface area (Å²) in [6.45, 7) is 0. The van der Waals surface area contributed by atoms with Crippen LogP contribution >= 0.6 is 11.6 Å². The van der Waals surface area contributed by atoms with Crippen molar-refractivity contribution in [3.05, 3.63) is 93.2 Å². The Balaban J connectivity index is 1.72. The number of nitro benzene ring substituents is 1. The van der Waals surface area contributed by atoms with Crippen molar-refractivity contribution >= 4 is 44.6 Å². The number of halogens is 2. The van der Waals surface area contributed by atoms with Gasteiger partial charge in [-0.25, -0.2) is 12.8 Å². The topological polar surface area (TPSA) is 118 Å². The van der Waals surface area contributed by atoms with E-state index in [4.69, 9.17) is 11.6 Å². The minimum Gasteiger partial charge on any atom is -0.322 e. The number of carbonyl (C=O) groups excluding carboxylic acids is 1. The lowest BCUT2D eigenvalue weighted by Gasteiger charge is -2.10. The molecule has 0 atom stereocenters. The van der Waals surface area contributed by atoms with Crippen LogP contribution in [0.15, 0.2) is 71.6 Å². The lowest BCUT2D eigenvalue weighted by atomic mass is 10.2. The molecule has 0 spiro atoms. The first-order valence-electron chi connectivity index (χ1n) is 8.29. The van der Waals surface area contributed by atoms with Crippen LogP contribution in [0.5, 0.6) is 0 Å². The molecule has 0 bridgehead atoms. The Hall–Kier alpha value is -3.50. The van der Waals surface area contributed by atoms with E-state index in [9.17, 15) is 27.7 Å². The van der Waals surface area contributed by atoms with Gasteiger partial charge in [-0.2, -0.15) is 0 Å². The third-order valence-corrected chi connectivity index (χ3v) is 5.58. The quantitative estimate of drug-likeness (QED) is 0.426. The molecule has 3 rings (SSSR count). The second-order valence-corrected chi connectivity index (χ2v) is 8.11. The molecule has 30 heavy (non-hydrogen) atoms. The molecule has 0 heterocycles. The van der Waals surface area contributed by atoms with E-state index in [1.165, 1.54) is 48.5 Å². The molecule has 1 amide bonds. The standard InChI is InChI=1S/C19H13ClFN3O5S/c20-17-11-16(8-9-18(17)21)30(28,29)23-13-6-4-12(5-7-13)19(25)22-14-2-1-3-15(10-14)24(26)27/h1-11,23H,(H,22,25). The average molecular weight is 450 g/mol. The van der Waals surface area contributed by atoms with Gasteiger partial charge in [0, 0.05) is 29.1 Å². The number of hydrogen-bond donors (Lipinski definition) is 2. The zero-order valence-corrected chi connectivity index (χ0v) is 16.6. The largest absolute Gasteiger partial charge is 0.322 e. The van der Waals surface area contributed by atoms with Gasteiger partial charge in [0.05, 0.1) is 14.8 Å². The minimum absolute atomic E-state index is 0.168. The SMILES string of the molecule is O=C(Nc1cccc([N+](=O)[O-])c1)c1ccc(NS(=O)(=O)c2ccc(F)c(Cl)c2)cc1. The van der Waals surface area contributed by atoms with E-state index in [2.05, 4.69) is 10.0 Å². The molecule has 3 aromatic rings. The van der Waals surface area contributed by atoms with Crippen LogP contribution in [0.1, 0.15) is 10.4 Å². The molecule has 0 saturated carbocycles. The Kier molecular flexibility index (Phi) is 5.99. The molecule has 154 valence electrons. The zero-order valence-electron chi connectivity index (χ0n) is 15.0. The smallest absolute Gasteiger partial charge is 0.271 e. The number of rotatable bonds is 6. The lowest BCUT2D eigenvalue weighted by Crippen LogP contribution is -2.14. The van der Waals surface area contributed by atoms with E-state index >= 15 is 0 Å². The number of non-ortho nitro benzene ring substituents is 1. The summed E-state index contributed by atoms with van der Waals surface area (Å²) in [4.78, 5) is 22.3. The van der Waals surface area contributed by atoms with Crippen molar-refractivity contribution in [2.45, 2.75) is 4.90 Å². The first-order valence-corrected chi connectivity index (χ1v) is 10.2. The van der Waals surface area contributed by atoms with E-state index in [0.717, 1.165) is 18.2 Å². The second kappa shape index (κ2) is 8.47. The van der Waals surface area contributed by atoms with Crippen LogP contribution in [-0.4, -0.2) is 19.2 Å². The molecule has 2 N–H and O–H groups in total. The number of nitrogens with zero attached hydrogens (tertiary/aromatic N) is 1. The fourth-order valence-corrected chi connectivity index (χ4v) is 3.78. The van der Waals surface area contributed by atoms with E-state index < -0.39 is 26.7 Å². The van der Waals surface area contributed by atoms with Crippen molar-refractivity contribution in [1.29, 1.82) is 0 Å². The van der Waals surface area contributed by atoms with Crippen LogP contribution in [0.3, 0.4) is 0 Å². The van der Waals surface area contributed by atoms with Crippen molar-refractivity contribution < 1.29 is 22.5 Å². The molecule has 0 unspecified atom stereocenters. The van der Waals surface area contributed by atoms with Crippen molar-refractivity contribution in [1.82, 2.24) is 0 Å². The van der Waals surface area contributed by atoms with E-state index in [0.29, 0.717) is 0 Å². The molecule has 0 saturated heterocycles. The third-order valence-electron chi connectivity index (χ3n) is 3.92. The maximum Gasteiger partial charge on any atom is 0.271 e. The fraction of sp³-hybridized carbons (Fsp3) is 0. The Labute approximate surface area is 175 Å². The van der Waals surface area contributed by atoms with Gasteiger partial charge in [0.25, 0.3) is 21.6 Å². The Morgan fingerprint density at radius 2 is 1.70 bits per heavy atom. The van der Waals surface area contributed by atoms with Crippen LogP contribution in [0.2, 0.25) is 5.02 Å². The van der Waals surface area contributed by atoms with Crippen LogP contribution in [0.4, 0.5) is 21.5 Å². The summed E-state index contributed by atoms with van der Waals surface area (Å²) < 4.78 is 40.3. The van der Waals surface area contributed by atoms with Crippen molar-refractivity contribution in [2.24, 2.45) is 0 Å². The van der Waals surface area contributed by atoms with Crippen LogP contribution in [0.25, 0.3) is 0 Å². The summed E-state index contributed by atoms with van der Waals surface area (Å²) in [6, 6.07) is 13.9. The lowest BCUT2D eigenvalue weighted by molar-refractivity contribution is -0.384. The van der Waals surface area contributed by atoms with E-state index in [1.54, 1.807) is 0 Å². The first kappa shape index (κ1) is 21.2. The van der Waals surface area contributed by atoms with E-state index in [-0.39, 0.29) is 32.5 Å². The average Bonchev–Trinajstić information content (AvgIpc) is 2.70. The molecule has 0 aliphatic rings. The number of anilines is 2. The van der Waals surface area contributed by atoms with Crippen LogP contribution in [0, 0.1) is 15.9 Å². The highest BCUT2D eigenvalue weighted by molar-refractivity contribution is 7.92. The highest BCUT2D eigenvalue weighted by atomic mass is 35.5. The predicted octanol–water partition coefficient (Wildman–Crippen LogP) is 4.44. The van der Waals surface area contributed by atoms with E-state index in [1.807, 2.05) is 0 Å². The van der Waals surface area contributed by atoms with Crippen molar-refractivity contribution in [3.8, 4) is 0 Å². The summed E-state index contributed by atoms with van der Waals surface area (Å²) in [7, 11) is -4.01. The van der Waals surface area contributed by atoms with Gasteiger partial charge >= 0.3 is 0 Å². The normalized spacial score (nSPS) is 11.0. The summed E-state index contributed by atoms with van der Waals surface area (Å²) >= 11 is 5.62. The summed E-state index contributed by atoms with van der Waals surface area (Å²) in [5, 5.41) is 13.0. The van der Waals surface area contributed by atoms with Gasteiger partial charge in [0.2, 0.25) is 0 Å². The maximum atomic E-state index is 13.2. The molecule has 3 aromatic carbocycles. The molecule has 11 heteroatoms. The van der Waals surface area contributed by atoms with Gasteiger partial charge in [-0.1, -0.05) is 17.7 Å². The number of nitrogens with one attached hydrogen (secondary N) is 2. The van der Waals surface area contributed by atoms with Crippen molar-refractivity contribution in [3.63, 3.8) is 0 Å². The van der Waals surface area contributed by atoms with Gasteiger partial charge in [-0.05, 0) is 48.5 Å². The number of hydrogen-bond acceptors (Lipinski definition) is 5. The van der Waals surface area contributed by atoms with Crippen LogP contribution < -0.4 is 10.0 Å². The maximum absolute atomic E-state index is 13.2. The number of nitro groups is 1. The summed E-state index contributed by atoms with van der Waals surface area (Å²) in [5.41, 5.74) is 0.447. The second-order valence-electron chi connectivity index (χ2n) is 6.02. The highest BCUT2D eigenvalue weighted by Crippen LogP contribution is 2.22. The number of sulfonamides is 1. The Morgan fingerprint density at radius 3 is 2.33 bits per heavy atom. The van der Waals surface area contributed by atoms with Gasteiger partial charge in [0.1, 0.15) is 5.82 Å². The van der Waals surface area contributed by atoms with Crippen molar-refractivity contribution in [2.75, 3.05) is 10.0 Å². The molecule has 8 nitrogen and oxygen atoms in total. The first-order chi connectivity index (χ1) is 14.2. The third kappa shape index (κ3) is 4.91. The zero-order chi connectivity index (χ0) is 21.9. The summed E-state index contributed by atoms with van der Waals surface area (Å²) in [5.74, 6) is -1.27. The number of amides is 1. The van der Waals surface area contributed by atoms with Gasteiger partial charge in [-0.15, -0.1) is 0 Å². The molecule has 0 aromatic heterocycles. The minimum atomic E-state index is -4.01. The predicted molar refractivity (Wildman–Crippen MR) is 110 cm³/mol. The molecular formula is C19H13ClFN3O5S. The Morgan fingerprint density at radius 1 is 1.00 bits per heavy atom. The molecule has 0 aliphatic carbocycles. The van der Waals surface area contributed by atoms with Gasteiger partial charge in [-0.3, -0.25) is 19.6 Å². The molecule has 0 aliphatic heterocycles. The van der Waals surface area contributed by atoms with Gasteiger partial charge in [0.15, 0.2) is 0 Å². The van der Waals surface area contributed by atoms with Gasteiger partial charge < -0.3 is 5.32 Å². The molecule has 0 radical (unpaired) electrons. The number of benzene rings is 3. The molecule has 0 fully saturated rings. The highest BCUT2D eigenvalue weighted by Gasteiger charge is 2.17.